The lowest BCUT2D eigenvalue weighted by Crippen LogP contribution is -2.53. The Morgan fingerprint density at radius 2 is 1.76 bits per heavy atom. The van der Waals surface area contributed by atoms with Crippen molar-refractivity contribution in [2.45, 2.75) is 58.9 Å². The fourth-order valence-corrected chi connectivity index (χ4v) is 4.50. The molecular weight excluding hydrogens is 316 g/mol. The third kappa shape index (κ3) is 3.51. The van der Waals surface area contributed by atoms with Gasteiger partial charge in [-0.25, -0.2) is 0 Å². The summed E-state index contributed by atoms with van der Waals surface area (Å²) in [4.78, 5) is 42.3. The zero-order chi connectivity index (χ0) is 18.1. The second-order valence-electron chi connectivity index (χ2n) is 8.38. The molecule has 138 valence electrons. The fourth-order valence-electron chi connectivity index (χ4n) is 4.50. The molecule has 25 heavy (non-hydrogen) atoms. The van der Waals surface area contributed by atoms with Crippen molar-refractivity contribution in [3.8, 4) is 0 Å². The van der Waals surface area contributed by atoms with E-state index in [1.165, 1.54) is 4.90 Å². The number of hydrogen-bond acceptors (Lipinski definition) is 3. The normalized spacial score (nSPS) is 30.8. The number of amides is 3. The van der Waals surface area contributed by atoms with E-state index < -0.39 is 6.04 Å². The van der Waals surface area contributed by atoms with Crippen molar-refractivity contribution < 1.29 is 14.4 Å². The lowest BCUT2D eigenvalue weighted by atomic mass is 9.85. The van der Waals surface area contributed by atoms with Gasteiger partial charge in [-0.05, 0) is 43.9 Å². The van der Waals surface area contributed by atoms with Gasteiger partial charge in [0.05, 0.1) is 11.8 Å². The molecule has 3 rings (SSSR count). The monoisotopic (exact) mass is 346 g/mol. The van der Waals surface area contributed by atoms with E-state index in [-0.39, 0.29) is 35.5 Å². The number of rotatable bonds is 4. The molecule has 0 unspecified atom stereocenters. The third-order valence-corrected chi connectivity index (χ3v) is 5.80. The zero-order valence-corrected chi connectivity index (χ0v) is 15.6. The number of nitrogens with zero attached hydrogens (tertiary/aromatic N) is 2. The zero-order valence-electron chi connectivity index (χ0n) is 15.6. The van der Waals surface area contributed by atoms with Gasteiger partial charge in [-0.1, -0.05) is 32.9 Å². The van der Waals surface area contributed by atoms with Gasteiger partial charge in [0.25, 0.3) is 0 Å². The number of imide groups is 1. The van der Waals surface area contributed by atoms with Crippen LogP contribution in [0.1, 0.15) is 52.9 Å². The van der Waals surface area contributed by atoms with Crippen molar-refractivity contribution >= 4 is 17.7 Å². The molecule has 2 aliphatic heterocycles. The predicted molar refractivity (Wildman–Crippen MR) is 95.4 cm³/mol. The Bertz CT molecular complexity index is 557. The summed E-state index contributed by atoms with van der Waals surface area (Å²) in [5.41, 5.74) is 0. The topological polar surface area (TPSA) is 57.7 Å². The lowest BCUT2D eigenvalue weighted by Gasteiger charge is -2.36. The highest BCUT2D eigenvalue weighted by Gasteiger charge is 2.51. The van der Waals surface area contributed by atoms with Gasteiger partial charge in [-0.3, -0.25) is 19.3 Å². The van der Waals surface area contributed by atoms with Gasteiger partial charge in [-0.15, -0.1) is 0 Å². The van der Waals surface area contributed by atoms with Gasteiger partial charge in [-0.2, -0.15) is 0 Å². The van der Waals surface area contributed by atoms with Gasteiger partial charge in [0.15, 0.2) is 0 Å². The van der Waals surface area contributed by atoms with E-state index >= 15 is 0 Å². The predicted octanol–water partition coefficient (Wildman–Crippen LogP) is 2.61. The highest BCUT2D eigenvalue weighted by molar-refractivity contribution is 6.08. The number of carbonyl (C=O) groups is 3. The first-order chi connectivity index (χ1) is 11.9. The number of hydrogen-bond donors (Lipinski definition) is 0. The summed E-state index contributed by atoms with van der Waals surface area (Å²) >= 11 is 0. The van der Waals surface area contributed by atoms with E-state index in [0.29, 0.717) is 25.2 Å². The molecule has 2 fully saturated rings. The molecule has 0 saturated carbocycles. The largest absolute Gasteiger partial charge is 0.341 e. The number of allylic oxidation sites excluding steroid dienone is 2. The number of fused-ring (bicyclic) bond motifs is 1. The van der Waals surface area contributed by atoms with Crippen LogP contribution in [0.4, 0.5) is 0 Å². The van der Waals surface area contributed by atoms with Crippen LogP contribution in [0.15, 0.2) is 12.2 Å². The van der Waals surface area contributed by atoms with Crippen LogP contribution >= 0.6 is 0 Å². The Morgan fingerprint density at radius 1 is 1.16 bits per heavy atom. The molecule has 0 radical (unpaired) electrons. The number of likely N-dealkylation sites (tertiary alicyclic amines) is 2. The van der Waals surface area contributed by atoms with E-state index in [2.05, 4.69) is 6.92 Å². The van der Waals surface area contributed by atoms with E-state index in [4.69, 9.17) is 0 Å². The van der Waals surface area contributed by atoms with Gasteiger partial charge < -0.3 is 4.90 Å². The molecule has 0 spiro atoms. The highest BCUT2D eigenvalue weighted by Crippen LogP contribution is 2.37. The Morgan fingerprint density at radius 3 is 2.28 bits per heavy atom. The Kier molecular flexibility index (Phi) is 5.30. The molecule has 0 aromatic heterocycles. The van der Waals surface area contributed by atoms with Crippen molar-refractivity contribution in [1.82, 2.24) is 9.80 Å². The molecule has 5 heteroatoms. The van der Waals surface area contributed by atoms with Gasteiger partial charge in [0.2, 0.25) is 17.7 Å². The maximum atomic E-state index is 13.2. The van der Waals surface area contributed by atoms with E-state index in [9.17, 15) is 14.4 Å². The molecule has 0 aromatic rings. The van der Waals surface area contributed by atoms with E-state index in [1.807, 2.05) is 30.9 Å². The SMILES string of the molecule is CC(C)C[C@H](C(=O)N1CCC[C@H](C)C1)N1C(=O)[C@H]2CC=CC[C@H]2C1=O. The summed E-state index contributed by atoms with van der Waals surface area (Å²) < 4.78 is 0. The van der Waals surface area contributed by atoms with E-state index in [1.54, 1.807) is 0 Å². The van der Waals surface area contributed by atoms with Crippen LogP contribution in [0.5, 0.6) is 0 Å². The van der Waals surface area contributed by atoms with Crippen molar-refractivity contribution in [2.24, 2.45) is 23.7 Å². The molecule has 3 amide bonds. The fraction of sp³-hybridized carbons (Fsp3) is 0.750. The quantitative estimate of drug-likeness (QED) is 0.581. The van der Waals surface area contributed by atoms with Crippen molar-refractivity contribution in [1.29, 1.82) is 0 Å². The Hall–Kier alpha value is -1.65. The summed E-state index contributed by atoms with van der Waals surface area (Å²) in [6.45, 7) is 7.71. The summed E-state index contributed by atoms with van der Waals surface area (Å²) in [5, 5.41) is 0. The first-order valence-corrected chi connectivity index (χ1v) is 9.70. The summed E-state index contributed by atoms with van der Waals surface area (Å²) in [6, 6.07) is -0.629. The van der Waals surface area contributed by atoms with Crippen LogP contribution < -0.4 is 0 Å². The van der Waals surface area contributed by atoms with Gasteiger partial charge in [0, 0.05) is 13.1 Å². The Labute approximate surface area is 150 Å². The van der Waals surface area contributed by atoms with Crippen molar-refractivity contribution in [3.05, 3.63) is 12.2 Å². The molecule has 0 N–H and O–H groups in total. The third-order valence-electron chi connectivity index (χ3n) is 5.80. The molecule has 1 aliphatic carbocycles. The smallest absolute Gasteiger partial charge is 0.245 e. The molecule has 2 heterocycles. The first kappa shape index (κ1) is 18.2. The molecule has 4 atom stereocenters. The number of carbonyl (C=O) groups excluding carboxylic acids is 3. The average molecular weight is 346 g/mol. The standard InChI is InChI=1S/C20H30N2O3/c1-13(2)11-17(20(25)21-10-6-7-14(3)12-21)22-18(23)15-8-4-5-9-16(15)19(22)24/h4-5,13-17H,6-12H2,1-3H3/t14-,15-,16+,17+/m0/s1. The maximum absolute atomic E-state index is 13.2. The average Bonchev–Trinajstić information content (AvgIpc) is 2.84. The summed E-state index contributed by atoms with van der Waals surface area (Å²) in [5.74, 6) is -0.104. The van der Waals surface area contributed by atoms with Gasteiger partial charge >= 0.3 is 0 Å². The first-order valence-electron chi connectivity index (χ1n) is 9.70. The minimum Gasteiger partial charge on any atom is -0.341 e. The summed E-state index contributed by atoms with van der Waals surface area (Å²) in [6.07, 6.45) is 7.90. The van der Waals surface area contributed by atoms with Crippen molar-refractivity contribution in [3.63, 3.8) is 0 Å². The highest BCUT2D eigenvalue weighted by atomic mass is 16.2. The van der Waals surface area contributed by atoms with Crippen molar-refractivity contribution in [2.75, 3.05) is 13.1 Å². The van der Waals surface area contributed by atoms with Crippen LogP contribution in [0.2, 0.25) is 0 Å². The van der Waals surface area contributed by atoms with Crippen LogP contribution in [0, 0.1) is 23.7 Å². The second kappa shape index (κ2) is 7.30. The Balaban J connectivity index is 1.84. The summed E-state index contributed by atoms with van der Waals surface area (Å²) in [7, 11) is 0. The van der Waals surface area contributed by atoms with Crippen LogP contribution in [0.25, 0.3) is 0 Å². The molecule has 0 bridgehead atoms. The minimum atomic E-state index is -0.629. The van der Waals surface area contributed by atoms with Crippen LogP contribution in [-0.2, 0) is 14.4 Å². The van der Waals surface area contributed by atoms with E-state index in [0.717, 1.165) is 25.9 Å². The molecule has 0 aromatic carbocycles. The molecular formula is C20H30N2O3. The molecule has 3 aliphatic rings. The lowest BCUT2D eigenvalue weighted by molar-refractivity contribution is -0.153. The maximum Gasteiger partial charge on any atom is 0.245 e. The van der Waals surface area contributed by atoms with Crippen LogP contribution in [-0.4, -0.2) is 46.7 Å². The van der Waals surface area contributed by atoms with Gasteiger partial charge in [0.1, 0.15) is 6.04 Å². The second-order valence-corrected chi connectivity index (χ2v) is 8.38. The molecule has 2 saturated heterocycles. The van der Waals surface area contributed by atoms with Crippen LogP contribution in [0.3, 0.4) is 0 Å². The number of piperidine rings is 1. The molecule has 5 nitrogen and oxygen atoms in total. The minimum absolute atomic E-state index is 0.0337.